The smallest absolute Gasteiger partial charge is 0.263 e. The second-order valence-electron chi connectivity index (χ2n) is 7.71. The Kier molecular flexibility index (Phi) is 6.57. The quantitative estimate of drug-likeness (QED) is 0.324. The van der Waals surface area contributed by atoms with Crippen molar-refractivity contribution in [3.05, 3.63) is 83.0 Å². The van der Waals surface area contributed by atoms with Gasteiger partial charge in [-0.3, -0.25) is 20.2 Å². The maximum atomic E-state index is 11.7. The van der Waals surface area contributed by atoms with Crippen molar-refractivity contribution in [1.82, 2.24) is 10.6 Å². The lowest BCUT2D eigenvalue weighted by atomic mass is 9.90. The number of thiocarbonyl (C=S) groups is 1. The minimum Gasteiger partial charge on any atom is -0.371 e. The molecule has 0 spiro atoms. The number of hydrogen-bond donors (Lipinski definition) is 2. The molecular weight excluding hydrogens is 406 g/mol. The van der Waals surface area contributed by atoms with E-state index in [0.717, 1.165) is 0 Å². The van der Waals surface area contributed by atoms with Gasteiger partial charge >= 0.3 is 0 Å². The van der Waals surface area contributed by atoms with Crippen LogP contribution in [0.3, 0.4) is 0 Å². The van der Waals surface area contributed by atoms with Gasteiger partial charge in [-0.25, -0.2) is 0 Å². The molecule has 0 aromatic heterocycles. The zero-order chi connectivity index (χ0) is 21.6. The van der Waals surface area contributed by atoms with Crippen LogP contribution in [0.5, 0.6) is 0 Å². The van der Waals surface area contributed by atoms with Crippen LogP contribution in [0.4, 0.5) is 5.69 Å². The highest BCUT2D eigenvalue weighted by atomic mass is 32.1. The monoisotopic (exact) mass is 431 g/mol. The SMILES string of the molecule is O=C1NC(=S)NC(=O)C1=C/C=C/C=C/C=C/C=C/c1cc2c3c(c1)CCCN3CCC2. The molecule has 31 heavy (non-hydrogen) atoms. The highest BCUT2D eigenvalue weighted by Gasteiger charge is 2.25. The van der Waals surface area contributed by atoms with Crippen molar-refractivity contribution in [3.8, 4) is 0 Å². The Morgan fingerprint density at radius 1 is 0.806 bits per heavy atom. The summed E-state index contributed by atoms with van der Waals surface area (Å²) < 4.78 is 0. The van der Waals surface area contributed by atoms with Crippen LogP contribution in [0.15, 0.2) is 66.3 Å². The molecule has 5 nitrogen and oxygen atoms in total. The van der Waals surface area contributed by atoms with E-state index in [9.17, 15) is 9.59 Å². The van der Waals surface area contributed by atoms with Gasteiger partial charge in [0.25, 0.3) is 11.8 Å². The molecule has 4 rings (SSSR count). The normalized spacial score (nSPS) is 18.9. The standard InChI is InChI=1S/C25H25N3O2S/c29-23-21(24(30)27-25(31)26-23)13-7-5-3-1-2-4-6-10-18-16-19-11-8-14-28-15-9-12-20(17-18)22(19)28/h1-7,10,13,16-17H,8-9,11-12,14-15H2,(H2,26,27,29,30,31)/b3-1+,4-2+,7-5+,10-6+. The molecule has 3 heterocycles. The molecule has 158 valence electrons. The minimum absolute atomic E-state index is 0.0314. The average Bonchev–Trinajstić information content (AvgIpc) is 2.74. The van der Waals surface area contributed by atoms with E-state index in [2.05, 4.69) is 33.7 Å². The predicted octanol–water partition coefficient (Wildman–Crippen LogP) is 3.52. The third kappa shape index (κ3) is 5.09. The Labute approximate surface area is 187 Å². The summed E-state index contributed by atoms with van der Waals surface area (Å²) >= 11 is 4.76. The molecule has 1 fully saturated rings. The van der Waals surface area contributed by atoms with Gasteiger partial charge in [0, 0.05) is 18.8 Å². The lowest BCUT2D eigenvalue weighted by Gasteiger charge is -2.37. The molecule has 3 aliphatic heterocycles. The lowest BCUT2D eigenvalue weighted by Crippen LogP contribution is -2.51. The van der Waals surface area contributed by atoms with Gasteiger partial charge in [0.2, 0.25) is 0 Å². The average molecular weight is 432 g/mol. The first-order chi connectivity index (χ1) is 15.1. The number of carbonyl (C=O) groups is 2. The number of nitrogens with zero attached hydrogens (tertiary/aromatic N) is 1. The first-order valence-electron chi connectivity index (χ1n) is 10.6. The van der Waals surface area contributed by atoms with E-state index in [1.807, 2.05) is 30.4 Å². The first kappa shape index (κ1) is 21.0. The number of benzene rings is 1. The molecule has 1 saturated heterocycles. The van der Waals surface area contributed by atoms with Crippen LogP contribution in [0.1, 0.15) is 29.5 Å². The minimum atomic E-state index is -0.489. The fourth-order valence-electron chi connectivity index (χ4n) is 4.19. The summed E-state index contributed by atoms with van der Waals surface area (Å²) in [7, 11) is 0. The van der Waals surface area contributed by atoms with Crippen molar-refractivity contribution < 1.29 is 9.59 Å². The van der Waals surface area contributed by atoms with Gasteiger partial charge in [-0.2, -0.15) is 0 Å². The maximum Gasteiger partial charge on any atom is 0.263 e. The third-order valence-corrected chi connectivity index (χ3v) is 5.72. The van der Waals surface area contributed by atoms with E-state index >= 15 is 0 Å². The van der Waals surface area contributed by atoms with Crippen molar-refractivity contribution in [1.29, 1.82) is 0 Å². The van der Waals surface area contributed by atoms with Crippen molar-refractivity contribution in [2.24, 2.45) is 0 Å². The number of rotatable bonds is 5. The summed E-state index contributed by atoms with van der Waals surface area (Å²) in [6.07, 6.45) is 21.6. The summed E-state index contributed by atoms with van der Waals surface area (Å²) in [5.41, 5.74) is 5.78. The van der Waals surface area contributed by atoms with E-state index in [-0.39, 0.29) is 10.7 Å². The Balaban J connectivity index is 1.32. The second-order valence-corrected chi connectivity index (χ2v) is 8.12. The topological polar surface area (TPSA) is 61.4 Å². The molecule has 6 heteroatoms. The van der Waals surface area contributed by atoms with Crippen LogP contribution in [-0.4, -0.2) is 30.0 Å². The molecule has 0 unspecified atom stereocenters. The van der Waals surface area contributed by atoms with Gasteiger partial charge in [0.15, 0.2) is 5.11 Å². The number of hydrogen-bond acceptors (Lipinski definition) is 4. The molecule has 0 bridgehead atoms. The Bertz CT molecular complexity index is 1010. The van der Waals surface area contributed by atoms with Gasteiger partial charge in [0.1, 0.15) is 5.57 Å². The molecule has 0 radical (unpaired) electrons. The number of aryl methyl sites for hydroxylation is 2. The van der Waals surface area contributed by atoms with Crippen LogP contribution in [-0.2, 0) is 22.4 Å². The zero-order valence-corrected chi connectivity index (χ0v) is 18.1. The van der Waals surface area contributed by atoms with E-state index in [1.165, 1.54) is 67.2 Å². The van der Waals surface area contributed by atoms with Crippen molar-refractivity contribution in [3.63, 3.8) is 0 Å². The van der Waals surface area contributed by atoms with Crippen LogP contribution >= 0.6 is 12.2 Å². The second kappa shape index (κ2) is 9.71. The summed E-state index contributed by atoms with van der Waals surface area (Å²) in [5, 5.41) is 4.83. The van der Waals surface area contributed by atoms with E-state index < -0.39 is 11.8 Å². The number of carbonyl (C=O) groups excluding carboxylic acids is 2. The summed E-state index contributed by atoms with van der Waals surface area (Å²) in [6, 6.07) is 4.66. The largest absolute Gasteiger partial charge is 0.371 e. The molecule has 0 aliphatic carbocycles. The zero-order valence-electron chi connectivity index (χ0n) is 17.3. The van der Waals surface area contributed by atoms with Gasteiger partial charge in [-0.1, -0.05) is 48.6 Å². The number of allylic oxidation sites excluding steroid dienone is 8. The molecule has 1 aromatic rings. The molecule has 0 atom stereocenters. The Morgan fingerprint density at radius 3 is 1.97 bits per heavy atom. The Morgan fingerprint density at radius 2 is 1.35 bits per heavy atom. The number of anilines is 1. The summed E-state index contributed by atoms with van der Waals surface area (Å²) in [4.78, 5) is 26.0. The van der Waals surface area contributed by atoms with Gasteiger partial charge < -0.3 is 4.90 Å². The molecule has 3 aliphatic rings. The van der Waals surface area contributed by atoms with Gasteiger partial charge in [-0.05, 0) is 72.8 Å². The van der Waals surface area contributed by atoms with E-state index in [0.29, 0.717) is 0 Å². The van der Waals surface area contributed by atoms with Crippen molar-refractivity contribution in [2.45, 2.75) is 25.7 Å². The summed E-state index contributed by atoms with van der Waals surface area (Å²) in [6.45, 7) is 2.40. The van der Waals surface area contributed by atoms with Crippen LogP contribution in [0.2, 0.25) is 0 Å². The number of amides is 2. The van der Waals surface area contributed by atoms with E-state index in [1.54, 1.807) is 12.2 Å². The molecule has 2 amide bonds. The fourth-order valence-corrected chi connectivity index (χ4v) is 4.38. The predicted molar refractivity (Wildman–Crippen MR) is 129 cm³/mol. The number of nitrogens with one attached hydrogen (secondary N) is 2. The molecular formula is C25H25N3O2S. The van der Waals surface area contributed by atoms with Crippen LogP contribution in [0, 0.1) is 0 Å². The summed E-state index contributed by atoms with van der Waals surface area (Å²) in [5.74, 6) is -0.979. The fraction of sp³-hybridized carbons (Fsp3) is 0.240. The van der Waals surface area contributed by atoms with Crippen LogP contribution in [0.25, 0.3) is 6.08 Å². The molecule has 2 N–H and O–H groups in total. The molecule has 1 aromatic carbocycles. The first-order valence-corrected chi connectivity index (χ1v) is 11.0. The Hall–Kier alpha value is -3.25. The van der Waals surface area contributed by atoms with Crippen molar-refractivity contribution >= 4 is 40.9 Å². The molecule has 0 saturated carbocycles. The lowest BCUT2D eigenvalue weighted by molar-refractivity contribution is -0.123. The third-order valence-electron chi connectivity index (χ3n) is 5.52. The van der Waals surface area contributed by atoms with Gasteiger partial charge in [-0.15, -0.1) is 0 Å². The van der Waals surface area contributed by atoms with Crippen LogP contribution < -0.4 is 15.5 Å². The van der Waals surface area contributed by atoms with Crippen molar-refractivity contribution in [2.75, 3.05) is 18.0 Å². The van der Waals surface area contributed by atoms with Gasteiger partial charge in [0.05, 0.1) is 0 Å². The van der Waals surface area contributed by atoms with E-state index in [4.69, 9.17) is 12.2 Å². The highest BCUT2D eigenvalue weighted by molar-refractivity contribution is 7.80. The highest BCUT2D eigenvalue weighted by Crippen LogP contribution is 2.36. The maximum absolute atomic E-state index is 11.7.